The molecule has 2 N–H and O–H groups in total. The Bertz CT molecular complexity index is 1060. The van der Waals surface area contributed by atoms with Gasteiger partial charge in [0.1, 0.15) is 5.75 Å². The number of carboxylic acid groups (broad SMARTS) is 1. The van der Waals surface area contributed by atoms with E-state index in [-0.39, 0.29) is 17.2 Å². The van der Waals surface area contributed by atoms with Gasteiger partial charge in [-0.2, -0.15) is 0 Å². The summed E-state index contributed by atoms with van der Waals surface area (Å²) in [5, 5.41) is 21.0. The minimum atomic E-state index is -1.02. The van der Waals surface area contributed by atoms with Gasteiger partial charge in [-0.05, 0) is 43.3 Å². The van der Waals surface area contributed by atoms with Gasteiger partial charge in [-0.1, -0.05) is 35.5 Å². The van der Waals surface area contributed by atoms with E-state index in [0.29, 0.717) is 27.4 Å². The lowest BCUT2D eigenvalue weighted by Crippen LogP contribution is -2.15. The van der Waals surface area contributed by atoms with Gasteiger partial charge in [0.25, 0.3) is 0 Å². The van der Waals surface area contributed by atoms with E-state index in [0.717, 1.165) is 0 Å². The summed E-state index contributed by atoms with van der Waals surface area (Å²) in [5.74, 6) is 0.00775. The molecule has 156 valence electrons. The van der Waals surface area contributed by atoms with Crippen molar-refractivity contribution in [3.63, 3.8) is 0 Å². The van der Waals surface area contributed by atoms with Crippen molar-refractivity contribution in [3.05, 3.63) is 64.9 Å². The lowest BCUT2D eigenvalue weighted by molar-refractivity contribution is -0.113. The zero-order valence-corrected chi connectivity index (χ0v) is 17.8. The number of aromatic nitrogens is 3. The lowest BCUT2D eigenvalue weighted by atomic mass is 10.2. The number of anilines is 1. The topological polar surface area (TPSA) is 106 Å². The molecule has 0 spiro atoms. The molecule has 1 unspecified atom stereocenters. The second-order valence-electron chi connectivity index (χ2n) is 6.31. The van der Waals surface area contributed by atoms with Crippen LogP contribution in [0.25, 0.3) is 0 Å². The molecule has 0 aliphatic rings. The Hall–Kier alpha value is -3.04. The third kappa shape index (κ3) is 5.31. The quantitative estimate of drug-likeness (QED) is 0.503. The van der Waals surface area contributed by atoms with Crippen molar-refractivity contribution in [1.29, 1.82) is 0 Å². The molecule has 2 aromatic carbocycles. The van der Waals surface area contributed by atoms with Crippen molar-refractivity contribution in [3.8, 4) is 5.75 Å². The molecule has 0 bridgehead atoms. The second-order valence-corrected chi connectivity index (χ2v) is 7.66. The predicted octanol–water partition coefficient (Wildman–Crippen LogP) is 4.04. The molecule has 0 aliphatic heterocycles. The number of amides is 1. The summed E-state index contributed by atoms with van der Waals surface area (Å²) in [5.41, 5.74) is 0.674. The van der Waals surface area contributed by atoms with E-state index < -0.39 is 12.1 Å². The number of hydrogen-bond acceptors (Lipinski definition) is 6. The lowest BCUT2D eigenvalue weighted by Gasteiger charge is -2.15. The number of benzene rings is 2. The highest BCUT2D eigenvalue weighted by molar-refractivity contribution is 7.99. The van der Waals surface area contributed by atoms with Crippen LogP contribution in [0.4, 0.5) is 5.69 Å². The molecular weight excluding hydrogens is 428 g/mol. The number of aromatic carboxylic acids is 1. The number of thioether (sulfide) groups is 1. The summed E-state index contributed by atoms with van der Waals surface area (Å²) in [6, 6.07) is 13.1. The van der Waals surface area contributed by atoms with Crippen LogP contribution in [0.3, 0.4) is 0 Å². The molecular formula is C20H19ClN4O4S. The van der Waals surface area contributed by atoms with Crippen molar-refractivity contribution in [2.45, 2.75) is 18.2 Å². The van der Waals surface area contributed by atoms with Crippen LogP contribution in [0.5, 0.6) is 5.75 Å². The number of carbonyl (C=O) groups is 2. The van der Waals surface area contributed by atoms with Crippen LogP contribution < -0.4 is 10.1 Å². The fourth-order valence-electron chi connectivity index (χ4n) is 2.61. The van der Waals surface area contributed by atoms with Crippen molar-refractivity contribution in [2.24, 2.45) is 7.05 Å². The number of carbonyl (C=O) groups excluding carboxylic acids is 1. The minimum Gasteiger partial charge on any atom is -0.481 e. The fourth-order valence-corrected chi connectivity index (χ4v) is 3.51. The first-order valence-corrected chi connectivity index (χ1v) is 10.3. The maximum absolute atomic E-state index is 12.2. The smallest absolute Gasteiger partial charge is 0.335 e. The largest absolute Gasteiger partial charge is 0.481 e. The van der Waals surface area contributed by atoms with Crippen molar-refractivity contribution in [2.75, 3.05) is 11.1 Å². The summed E-state index contributed by atoms with van der Waals surface area (Å²) in [4.78, 5) is 23.1. The van der Waals surface area contributed by atoms with Crippen molar-refractivity contribution in [1.82, 2.24) is 14.8 Å². The highest BCUT2D eigenvalue weighted by Gasteiger charge is 2.19. The van der Waals surface area contributed by atoms with Gasteiger partial charge in [0.05, 0.1) is 16.3 Å². The monoisotopic (exact) mass is 446 g/mol. The highest BCUT2D eigenvalue weighted by atomic mass is 35.5. The number of para-hydroxylation sites is 1. The van der Waals surface area contributed by atoms with E-state index >= 15 is 0 Å². The molecule has 1 aromatic heterocycles. The Labute approximate surface area is 182 Å². The van der Waals surface area contributed by atoms with E-state index in [1.165, 1.54) is 23.9 Å². The van der Waals surface area contributed by atoms with Gasteiger partial charge in [-0.15, -0.1) is 10.2 Å². The molecule has 8 nitrogen and oxygen atoms in total. The summed E-state index contributed by atoms with van der Waals surface area (Å²) >= 11 is 7.36. The van der Waals surface area contributed by atoms with Crippen LogP contribution in [0.2, 0.25) is 5.02 Å². The molecule has 0 saturated heterocycles. The number of halogens is 1. The Morgan fingerprint density at radius 3 is 2.57 bits per heavy atom. The van der Waals surface area contributed by atoms with Gasteiger partial charge in [0.15, 0.2) is 17.1 Å². The van der Waals surface area contributed by atoms with E-state index in [2.05, 4.69) is 15.5 Å². The molecule has 0 saturated carbocycles. The van der Waals surface area contributed by atoms with Gasteiger partial charge in [-0.25, -0.2) is 4.79 Å². The van der Waals surface area contributed by atoms with Crippen LogP contribution in [0, 0.1) is 0 Å². The Balaban J connectivity index is 1.57. The third-order valence-corrected chi connectivity index (χ3v) is 5.45. The Kier molecular flexibility index (Phi) is 6.96. The Morgan fingerprint density at radius 1 is 1.20 bits per heavy atom. The molecule has 1 heterocycles. The van der Waals surface area contributed by atoms with Gasteiger partial charge in [-0.3, -0.25) is 4.79 Å². The van der Waals surface area contributed by atoms with Crippen LogP contribution in [-0.2, 0) is 11.8 Å². The number of nitrogens with zero attached hydrogens (tertiary/aromatic N) is 3. The van der Waals surface area contributed by atoms with Crippen LogP contribution >= 0.6 is 23.4 Å². The maximum atomic E-state index is 12.2. The van der Waals surface area contributed by atoms with Gasteiger partial charge >= 0.3 is 5.97 Å². The average Bonchev–Trinajstić information content (AvgIpc) is 3.09. The number of rotatable bonds is 8. The highest BCUT2D eigenvalue weighted by Crippen LogP contribution is 2.29. The van der Waals surface area contributed by atoms with Crippen molar-refractivity contribution >= 4 is 40.9 Å². The molecule has 1 atom stereocenters. The first-order chi connectivity index (χ1) is 14.3. The molecule has 3 aromatic rings. The van der Waals surface area contributed by atoms with E-state index in [9.17, 15) is 9.59 Å². The predicted molar refractivity (Wildman–Crippen MR) is 114 cm³/mol. The molecule has 0 aliphatic carbocycles. The molecule has 1 amide bonds. The molecule has 10 heteroatoms. The standard InChI is InChI=1S/C20H19ClN4O4S/c1-12(29-16-6-4-3-5-15(16)21)18-23-24-20(25(18)2)30-11-17(26)22-14-9-7-13(8-10-14)19(27)28/h3-10,12H,11H2,1-2H3,(H,22,26)(H,27,28). The molecule has 3 rings (SSSR count). The van der Waals surface area contributed by atoms with E-state index in [1.807, 2.05) is 19.1 Å². The van der Waals surface area contributed by atoms with E-state index in [1.54, 1.807) is 35.9 Å². The fraction of sp³-hybridized carbons (Fsp3) is 0.200. The summed E-state index contributed by atoms with van der Waals surface area (Å²) in [7, 11) is 1.80. The second kappa shape index (κ2) is 9.64. The minimum absolute atomic E-state index is 0.117. The van der Waals surface area contributed by atoms with Crippen molar-refractivity contribution < 1.29 is 19.4 Å². The summed E-state index contributed by atoms with van der Waals surface area (Å²) in [6.45, 7) is 1.84. The first kappa shape index (κ1) is 21.7. The van der Waals surface area contributed by atoms with Gasteiger partial charge in [0, 0.05) is 12.7 Å². The zero-order chi connectivity index (χ0) is 21.7. The van der Waals surface area contributed by atoms with Crippen LogP contribution in [0.15, 0.2) is 53.7 Å². The SMILES string of the molecule is CC(Oc1ccccc1Cl)c1nnc(SCC(=O)Nc2ccc(C(=O)O)cc2)n1C. The van der Waals surface area contributed by atoms with Crippen LogP contribution in [-0.4, -0.2) is 37.5 Å². The normalized spacial score (nSPS) is 11.7. The molecule has 30 heavy (non-hydrogen) atoms. The van der Waals surface area contributed by atoms with Gasteiger partial charge in [0.2, 0.25) is 5.91 Å². The van der Waals surface area contributed by atoms with Crippen LogP contribution in [0.1, 0.15) is 29.2 Å². The first-order valence-electron chi connectivity index (χ1n) is 8.91. The summed E-state index contributed by atoms with van der Waals surface area (Å²) in [6.07, 6.45) is -0.390. The number of carboxylic acids is 1. The Morgan fingerprint density at radius 2 is 1.90 bits per heavy atom. The summed E-state index contributed by atoms with van der Waals surface area (Å²) < 4.78 is 7.64. The van der Waals surface area contributed by atoms with E-state index in [4.69, 9.17) is 21.4 Å². The molecule has 0 fully saturated rings. The third-order valence-electron chi connectivity index (χ3n) is 4.12. The average molecular weight is 447 g/mol. The zero-order valence-electron chi connectivity index (χ0n) is 16.2. The van der Waals surface area contributed by atoms with Gasteiger partial charge < -0.3 is 19.7 Å². The number of nitrogens with one attached hydrogen (secondary N) is 1. The number of ether oxygens (including phenoxy) is 1. The molecule has 0 radical (unpaired) electrons. The number of hydrogen-bond donors (Lipinski definition) is 2. The maximum Gasteiger partial charge on any atom is 0.335 e.